The summed E-state index contributed by atoms with van der Waals surface area (Å²) in [5.74, 6) is -2.68. The van der Waals surface area contributed by atoms with Gasteiger partial charge in [-0.3, -0.25) is 19.2 Å². The number of carbonyl (C=O) groups is 5. The first-order valence-corrected chi connectivity index (χ1v) is 24.1. The normalized spacial score (nSPS) is 13.5. The quantitative estimate of drug-likeness (QED) is 0.0122. The molecule has 61 heavy (non-hydrogen) atoms. The molecular formula is C49H90ClNO10. The Bertz CT molecular complexity index is 1160. The summed E-state index contributed by atoms with van der Waals surface area (Å²) in [6.45, 7) is 10.1. The third-order valence-electron chi connectivity index (χ3n) is 11.1. The van der Waals surface area contributed by atoms with Crippen LogP contribution in [0.5, 0.6) is 0 Å². The molecule has 0 saturated heterocycles. The number of allylic oxidation sites excluding steroid dienone is 1. The van der Waals surface area contributed by atoms with Crippen LogP contribution in [0.4, 0.5) is 0 Å². The SMILES string of the molecule is CCCCCCCCCC(OC(=O)CCCCCCC/C=C\CC(O)C(CCCCC)OC(=O)C[N+](C)(C)CCOC(C)=O)OC(=O)C(CCCCCCCCC)C(C)=O.[Cl-]. The van der Waals surface area contributed by atoms with Gasteiger partial charge >= 0.3 is 23.9 Å². The second kappa shape index (κ2) is 40.3. The van der Waals surface area contributed by atoms with Gasteiger partial charge in [-0.1, -0.05) is 148 Å². The highest BCUT2D eigenvalue weighted by Gasteiger charge is 2.29. The van der Waals surface area contributed by atoms with Crippen molar-refractivity contribution in [2.45, 2.75) is 233 Å². The van der Waals surface area contributed by atoms with Gasteiger partial charge in [0.05, 0.1) is 20.2 Å². The van der Waals surface area contributed by atoms with E-state index in [2.05, 4.69) is 26.8 Å². The van der Waals surface area contributed by atoms with E-state index in [1.807, 2.05) is 20.2 Å². The molecule has 11 nitrogen and oxygen atoms in total. The maximum atomic E-state index is 13.2. The standard InChI is InChI=1S/C49H90NO10.ClH/c1-8-11-14-16-20-24-29-33-43(41(4)51)49(56)60-48(37-32-27-21-17-15-12-9-2)59-46(54)36-31-26-23-19-18-22-25-30-34-44(53)45(35-28-13-10-3)58-47(55)40-50(6,7)38-39-57-42(5)52;/h25,30,43-45,48,53H,8-24,26-29,31-40H2,1-7H3;1H/q+1;/p-1/b30-25-;. The topological polar surface area (TPSA) is 143 Å². The molecule has 0 aromatic carbocycles. The van der Waals surface area contributed by atoms with Crippen molar-refractivity contribution >= 4 is 29.7 Å². The summed E-state index contributed by atoms with van der Waals surface area (Å²) in [6, 6.07) is 0. The van der Waals surface area contributed by atoms with Crippen LogP contribution in [-0.4, -0.2) is 91.5 Å². The number of halogens is 1. The maximum absolute atomic E-state index is 13.2. The number of aliphatic hydroxyl groups is 1. The lowest BCUT2D eigenvalue weighted by molar-refractivity contribution is -0.883. The van der Waals surface area contributed by atoms with E-state index < -0.39 is 30.4 Å². The predicted molar refractivity (Wildman–Crippen MR) is 240 cm³/mol. The first kappa shape index (κ1) is 60.6. The molecule has 0 aromatic heterocycles. The minimum Gasteiger partial charge on any atom is -1.00 e. The van der Waals surface area contributed by atoms with Crippen molar-refractivity contribution in [3.8, 4) is 0 Å². The summed E-state index contributed by atoms with van der Waals surface area (Å²) in [5.41, 5.74) is 0. The van der Waals surface area contributed by atoms with Crippen molar-refractivity contribution in [2.75, 3.05) is 33.8 Å². The summed E-state index contributed by atoms with van der Waals surface area (Å²) in [6.07, 6.45) is 27.6. The number of hydrogen-bond donors (Lipinski definition) is 1. The zero-order chi connectivity index (χ0) is 44.9. The average Bonchev–Trinajstić information content (AvgIpc) is 3.18. The van der Waals surface area contributed by atoms with Crippen LogP contribution in [0.2, 0.25) is 0 Å². The largest absolute Gasteiger partial charge is 1.00 e. The van der Waals surface area contributed by atoms with Crippen LogP contribution in [0.3, 0.4) is 0 Å². The van der Waals surface area contributed by atoms with E-state index >= 15 is 0 Å². The van der Waals surface area contributed by atoms with Crippen LogP contribution in [-0.2, 0) is 42.9 Å². The highest BCUT2D eigenvalue weighted by Crippen LogP contribution is 2.20. The van der Waals surface area contributed by atoms with Crippen LogP contribution in [0, 0.1) is 5.92 Å². The summed E-state index contributed by atoms with van der Waals surface area (Å²) in [4.78, 5) is 62.4. The van der Waals surface area contributed by atoms with Gasteiger partial charge < -0.3 is 40.9 Å². The molecule has 12 heteroatoms. The van der Waals surface area contributed by atoms with Gasteiger partial charge in [0.25, 0.3) is 0 Å². The number of unbranched alkanes of at least 4 members (excludes halogenated alkanes) is 19. The lowest BCUT2D eigenvalue weighted by atomic mass is 9.97. The Hall–Kier alpha value is -2.50. The van der Waals surface area contributed by atoms with E-state index in [-0.39, 0.29) is 55.7 Å². The van der Waals surface area contributed by atoms with E-state index in [4.69, 9.17) is 18.9 Å². The zero-order valence-electron chi connectivity index (χ0n) is 39.8. The second-order valence-corrected chi connectivity index (χ2v) is 17.6. The van der Waals surface area contributed by atoms with Gasteiger partial charge in [0.15, 0.2) is 6.54 Å². The minimum absolute atomic E-state index is 0. The number of ether oxygens (including phenoxy) is 4. The number of quaternary nitrogens is 1. The summed E-state index contributed by atoms with van der Waals surface area (Å²) >= 11 is 0. The monoisotopic (exact) mass is 888 g/mol. The Balaban J connectivity index is 0. The molecule has 0 aliphatic carbocycles. The third-order valence-corrected chi connectivity index (χ3v) is 11.1. The molecule has 0 saturated carbocycles. The zero-order valence-corrected chi connectivity index (χ0v) is 40.6. The van der Waals surface area contributed by atoms with Gasteiger partial charge in [0.2, 0.25) is 6.29 Å². The number of likely N-dealkylation sites (N-methyl/N-ethyl adjacent to an activating group) is 1. The molecule has 0 fully saturated rings. The van der Waals surface area contributed by atoms with E-state index in [0.717, 1.165) is 89.9 Å². The molecule has 0 heterocycles. The summed E-state index contributed by atoms with van der Waals surface area (Å²) < 4.78 is 22.6. The lowest BCUT2D eigenvalue weighted by Gasteiger charge is -2.30. The molecular weight excluding hydrogens is 798 g/mol. The second-order valence-electron chi connectivity index (χ2n) is 17.6. The van der Waals surface area contributed by atoms with E-state index in [9.17, 15) is 29.1 Å². The van der Waals surface area contributed by atoms with Crippen LogP contribution >= 0.6 is 0 Å². The average molecular weight is 889 g/mol. The maximum Gasteiger partial charge on any atom is 0.362 e. The number of nitrogens with zero attached hydrogens (tertiary/aromatic N) is 1. The fraction of sp³-hybridized carbons (Fsp3) is 0.857. The van der Waals surface area contributed by atoms with Crippen molar-refractivity contribution in [2.24, 2.45) is 5.92 Å². The Morgan fingerprint density at radius 2 is 1.10 bits per heavy atom. The highest BCUT2D eigenvalue weighted by atomic mass is 35.5. The van der Waals surface area contributed by atoms with Gasteiger partial charge in [-0.25, -0.2) is 4.79 Å². The van der Waals surface area contributed by atoms with Crippen molar-refractivity contribution in [1.29, 1.82) is 0 Å². The Morgan fingerprint density at radius 3 is 1.67 bits per heavy atom. The van der Waals surface area contributed by atoms with Gasteiger partial charge in [-0.2, -0.15) is 0 Å². The van der Waals surface area contributed by atoms with Crippen molar-refractivity contribution in [3.63, 3.8) is 0 Å². The van der Waals surface area contributed by atoms with Crippen LogP contribution in [0.15, 0.2) is 12.2 Å². The molecule has 0 rings (SSSR count). The van der Waals surface area contributed by atoms with Crippen LogP contribution in [0.1, 0.15) is 214 Å². The van der Waals surface area contributed by atoms with Gasteiger partial charge in [0.1, 0.15) is 31.0 Å². The van der Waals surface area contributed by atoms with Gasteiger partial charge in [-0.15, -0.1) is 0 Å². The van der Waals surface area contributed by atoms with Crippen molar-refractivity contribution in [1.82, 2.24) is 0 Å². The Kier molecular flexibility index (Phi) is 40.0. The fourth-order valence-electron chi connectivity index (χ4n) is 7.18. The molecule has 0 aromatic rings. The van der Waals surface area contributed by atoms with E-state index in [0.29, 0.717) is 43.1 Å². The third kappa shape index (κ3) is 36.7. The molecule has 0 amide bonds. The Morgan fingerprint density at radius 1 is 0.590 bits per heavy atom. The molecule has 0 spiro atoms. The van der Waals surface area contributed by atoms with E-state index in [1.165, 1.54) is 65.2 Å². The molecule has 1 N–H and O–H groups in total. The Labute approximate surface area is 378 Å². The predicted octanol–water partition coefficient (Wildman–Crippen LogP) is 8.06. The first-order chi connectivity index (χ1) is 28.8. The number of aliphatic hydroxyl groups excluding tert-OH is 1. The van der Waals surface area contributed by atoms with Crippen LogP contribution < -0.4 is 12.4 Å². The minimum atomic E-state index is -0.961. The van der Waals surface area contributed by atoms with Crippen LogP contribution in [0.25, 0.3) is 0 Å². The molecule has 0 aliphatic heterocycles. The molecule has 0 aliphatic rings. The molecule has 0 radical (unpaired) electrons. The summed E-state index contributed by atoms with van der Waals surface area (Å²) in [5, 5.41) is 10.9. The number of carbonyl (C=O) groups excluding carboxylic acids is 5. The molecule has 358 valence electrons. The lowest BCUT2D eigenvalue weighted by Crippen LogP contribution is -3.00. The van der Waals surface area contributed by atoms with Gasteiger partial charge in [0, 0.05) is 19.8 Å². The molecule has 0 bridgehead atoms. The highest BCUT2D eigenvalue weighted by molar-refractivity contribution is 5.97. The molecule has 4 atom stereocenters. The number of ketones is 1. The number of rotatable bonds is 41. The smallest absolute Gasteiger partial charge is 0.362 e. The van der Waals surface area contributed by atoms with Crippen molar-refractivity contribution < 1.29 is 64.9 Å². The molecule has 4 unspecified atom stereocenters. The van der Waals surface area contributed by atoms with Crippen molar-refractivity contribution in [3.05, 3.63) is 12.2 Å². The number of hydrogen-bond acceptors (Lipinski definition) is 10. The summed E-state index contributed by atoms with van der Waals surface area (Å²) in [7, 11) is 3.76. The number of Topliss-reactive ketones (excluding diaryl/α,β-unsaturated/α-hetero) is 1. The van der Waals surface area contributed by atoms with Gasteiger partial charge in [-0.05, 0) is 58.3 Å². The first-order valence-electron chi connectivity index (χ1n) is 24.1. The fourth-order valence-corrected chi connectivity index (χ4v) is 7.18. The van der Waals surface area contributed by atoms with E-state index in [1.54, 1.807) is 0 Å². The number of esters is 4.